The van der Waals surface area contributed by atoms with Gasteiger partial charge in [-0.3, -0.25) is 0 Å². The van der Waals surface area contributed by atoms with E-state index in [1.54, 1.807) is 0 Å². The van der Waals surface area contributed by atoms with E-state index in [-0.39, 0.29) is 0 Å². The maximum atomic E-state index is 5.69. The molecule has 0 atom stereocenters. The Hall–Kier alpha value is 0.0300. The minimum absolute atomic E-state index is 0.669. The van der Waals surface area contributed by atoms with Crippen LogP contribution in [0.4, 0.5) is 0 Å². The van der Waals surface area contributed by atoms with Crippen LogP contribution in [0.5, 0.6) is 5.75 Å². The van der Waals surface area contributed by atoms with Gasteiger partial charge in [0.1, 0.15) is 5.75 Å². The number of ether oxygens (including phenoxy) is 1. The lowest BCUT2D eigenvalue weighted by Crippen LogP contribution is -2.17. The third kappa shape index (κ3) is 6.34. The molecular formula is C14H19Br2NOS. The number of thioether (sulfide) groups is 1. The van der Waals surface area contributed by atoms with Crippen molar-refractivity contribution < 1.29 is 4.74 Å². The lowest BCUT2D eigenvalue weighted by molar-refractivity contribution is 0.333. The van der Waals surface area contributed by atoms with Crippen LogP contribution < -0.4 is 10.1 Å². The molecule has 0 aliphatic heterocycles. The maximum absolute atomic E-state index is 5.69. The summed E-state index contributed by atoms with van der Waals surface area (Å²) in [6, 6.07) is 4.11. The first kappa shape index (κ1) is 17.1. The van der Waals surface area contributed by atoms with Crippen LogP contribution >= 0.6 is 43.6 Å². The summed E-state index contributed by atoms with van der Waals surface area (Å²) < 4.78 is 7.74. The van der Waals surface area contributed by atoms with Crippen LogP contribution in [0.3, 0.4) is 0 Å². The van der Waals surface area contributed by atoms with Crippen LogP contribution in [-0.4, -0.2) is 24.7 Å². The fourth-order valence-corrected chi connectivity index (χ4v) is 3.64. The first-order valence-electron chi connectivity index (χ1n) is 6.19. The Kier molecular flexibility index (Phi) is 8.86. The Balaban J connectivity index is 2.53. The van der Waals surface area contributed by atoms with Gasteiger partial charge in [0, 0.05) is 34.6 Å². The van der Waals surface area contributed by atoms with Crippen molar-refractivity contribution in [2.24, 2.45) is 0 Å². The zero-order chi connectivity index (χ0) is 14.1. The summed E-state index contributed by atoms with van der Waals surface area (Å²) in [6.07, 6.45) is 1.93. The van der Waals surface area contributed by atoms with E-state index in [9.17, 15) is 0 Å². The largest absolute Gasteiger partial charge is 0.492 e. The Morgan fingerprint density at radius 3 is 2.89 bits per heavy atom. The van der Waals surface area contributed by atoms with Gasteiger partial charge in [0.15, 0.2) is 0 Å². The van der Waals surface area contributed by atoms with Gasteiger partial charge in [-0.25, -0.2) is 0 Å². The number of hydrogen-bond donors (Lipinski definition) is 1. The second-order valence-electron chi connectivity index (χ2n) is 3.85. The summed E-state index contributed by atoms with van der Waals surface area (Å²) in [4.78, 5) is 0. The van der Waals surface area contributed by atoms with Crippen molar-refractivity contribution >= 4 is 43.6 Å². The summed E-state index contributed by atoms with van der Waals surface area (Å²) in [5.41, 5.74) is 1.16. The van der Waals surface area contributed by atoms with Gasteiger partial charge >= 0.3 is 0 Å². The SMILES string of the molecule is C=CCSCCNCc1cc(Br)cc(Br)c1OCC. The Morgan fingerprint density at radius 1 is 1.42 bits per heavy atom. The lowest BCUT2D eigenvalue weighted by Gasteiger charge is -2.13. The van der Waals surface area contributed by atoms with Crippen molar-refractivity contribution in [2.45, 2.75) is 13.5 Å². The van der Waals surface area contributed by atoms with Crippen LogP contribution in [0.15, 0.2) is 33.7 Å². The third-order valence-corrected chi connectivity index (χ3v) is 4.36. The van der Waals surface area contributed by atoms with Crippen LogP contribution in [-0.2, 0) is 6.54 Å². The fourth-order valence-electron chi connectivity index (χ4n) is 1.58. The quantitative estimate of drug-likeness (QED) is 0.475. The number of halogens is 2. The van der Waals surface area contributed by atoms with Crippen molar-refractivity contribution in [1.29, 1.82) is 0 Å². The molecule has 0 aliphatic carbocycles. The first-order chi connectivity index (χ1) is 9.19. The topological polar surface area (TPSA) is 21.3 Å². The predicted octanol–water partition coefficient (Wildman–Crippen LogP) is 4.62. The molecule has 1 rings (SSSR count). The third-order valence-electron chi connectivity index (χ3n) is 2.35. The molecule has 0 amide bonds. The standard InChI is InChI=1S/C14H19Br2NOS/c1-3-6-19-7-5-17-10-11-8-12(15)9-13(16)14(11)18-4-2/h3,8-9,17H,1,4-7,10H2,2H3. The molecule has 5 heteroatoms. The Morgan fingerprint density at radius 2 is 2.21 bits per heavy atom. The molecule has 106 valence electrons. The van der Waals surface area contributed by atoms with E-state index in [0.717, 1.165) is 44.9 Å². The van der Waals surface area contributed by atoms with Gasteiger partial charge in [-0.2, -0.15) is 11.8 Å². The van der Waals surface area contributed by atoms with Gasteiger partial charge in [-0.05, 0) is 35.0 Å². The normalized spacial score (nSPS) is 10.5. The van der Waals surface area contributed by atoms with Crippen LogP contribution in [0.2, 0.25) is 0 Å². The van der Waals surface area contributed by atoms with Gasteiger partial charge < -0.3 is 10.1 Å². The van der Waals surface area contributed by atoms with Gasteiger partial charge in [0.2, 0.25) is 0 Å². The second-order valence-corrected chi connectivity index (χ2v) is 6.77. The summed E-state index contributed by atoms with van der Waals surface area (Å²) in [7, 11) is 0. The molecule has 1 aromatic carbocycles. The van der Waals surface area contributed by atoms with E-state index in [4.69, 9.17) is 4.74 Å². The molecule has 1 N–H and O–H groups in total. The highest BCUT2D eigenvalue weighted by Gasteiger charge is 2.09. The average Bonchev–Trinajstić information content (AvgIpc) is 2.37. The Bertz CT molecular complexity index is 413. The summed E-state index contributed by atoms with van der Waals surface area (Å²) in [5, 5.41) is 3.44. The second kappa shape index (κ2) is 9.86. The molecule has 0 aliphatic rings. The molecule has 0 aromatic heterocycles. The summed E-state index contributed by atoms with van der Waals surface area (Å²) >= 11 is 8.94. The average molecular weight is 409 g/mol. The molecular weight excluding hydrogens is 390 g/mol. The fraction of sp³-hybridized carbons (Fsp3) is 0.429. The van der Waals surface area contributed by atoms with Crippen LogP contribution in [0, 0.1) is 0 Å². The van der Waals surface area contributed by atoms with E-state index in [2.05, 4.69) is 49.8 Å². The Labute approximate surface area is 136 Å². The minimum atomic E-state index is 0.669. The molecule has 1 aromatic rings. The molecule has 19 heavy (non-hydrogen) atoms. The van der Waals surface area contributed by atoms with Gasteiger partial charge in [0.05, 0.1) is 11.1 Å². The van der Waals surface area contributed by atoms with E-state index in [1.807, 2.05) is 30.8 Å². The zero-order valence-corrected chi connectivity index (χ0v) is 15.0. The summed E-state index contributed by atoms with van der Waals surface area (Å²) in [6.45, 7) is 8.16. The molecule has 0 saturated heterocycles. The lowest BCUT2D eigenvalue weighted by atomic mass is 10.2. The van der Waals surface area contributed by atoms with E-state index < -0.39 is 0 Å². The van der Waals surface area contributed by atoms with E-state index in [1.165, 1.54) is 0 Å². The molecule has 0 unspecified atom stereocenters. The monoisotopic (exact) mass is 407 g/mol. The molecule has 0 fully saturated rings. The molecule has 0 radical (unpaired) electrons. The van der Waals surface area contributed by atoms with Crippen molar-refractivity contribution in [3.05, 3.63) is 39.3 Å². The van der Waals surface area contributed by atoms with Gasteiger partial charge in [-0.15, -0.1) is 6.58 Å². The number of hydrogen-bond acceptors (Lipinski definition) is 3. The smallest absolute Gasteiger partial charge is 0.138 e. The van der Waals surface area contributed by atoms with Crippen LogP contribution in [0.1, 0.15) is 12.5 Å². The zero-order valence-electron chi connectivity index (χ0n) is 11.0. The van der Waals surface area contributed by atoms with E-state index >= 15 is 0 Å². The number of nitrogens with one attached hydrogen (secondary N) is 1. The first-order valence-corrected chi connectivity index (χ1v) is 8.93. The van der Waals surface area contributed by atoms with Gasteiger partial charge in [-0.1, -0.05) is 22.0 Å². The molecule has 0 bridgehead atoms. The van der Waals surface area contributed by atoms with Crippen LogP contribution in [0.25, 0.3) is 0 Å². The highest BCUT2D eigenvalue weighted by atomic mass is 79.9. The van der Waals surface area contributed by atoms with Crippen molar-refractivity contribution in [3.63, 3.8) is 0 Å². The molecule has 2 nitrogen and oxygen atoms in total. The number of rotatable bonds is 9. The molecule has 0 saturated carbocycles. The minimum Gasteiger partial charge on any atom is -0.492 e. The van der Waals surface area contributed by atoms with Crippen molar-refractivity contribution in [2.75, 3.05) is 24.7 Å². The predicted molar refractivity (Wildman–Crippen MR) is 92.2 cm³/mol. The number of benzene rings is 1. The summed E-state index contributed by atoms with van der Waals surface area (Å²) in [5.74, 6) is 3.02. The van der Waals surface area contributed by atoms with E-state index in [0.29, 0.717) is 6.61 Å². The maximum Gasteiger partial charge on any atom is 0.138 e. The van der Waals surface area contributed by atoms with Gasteiger partial charge in [0.25, 0.3) is 0 Å². The van der Waals surface area contributed by atoms with Crippen molar-refractivity contribution in [1.82, 2.24) is 5.32 Å². The van der Waals surface area contributed by atoms with Crippen molar-refractivity contribution in [3.8, 4) is 5.75 Å². The molecule has 0 heterocycles. The molecule has 0 spiro atoms. The highest BCUT2D eigenvalue weighted by molar-refractivity contribution is 9.11. The highest BCUT2D eigenvalue weighted by Crippen LogP contribution is 2.32.